The van der Waals surface area contributed by atoms with Crippen LogP contribution in [0.4, 0.5) is 0 Å². The summed E-state index contributed by atoms with van der Waals surface area (Å²) in [7, 11) is 3.49. The molecule has 0 aliphatic heterocycles. The molecule has 6 nitrogen and oxygen atoms in total. The number of aromatic nitrogens is 3. The van der Waals surface area contributed by atoms with Crippen LogP contribution in [0.15, 0.2) is 41.5 Å². The van der Waals surface area contributed by atoms with Gasteiger partial charge in [-0.05, 0) is 42.2 Å². The highest BCUT2D eigenvalue weighted by molar-refractivity contribution is 5.86. The molecule has 0 bridgehead atoms. The monoisotopic (exact) mass is 323 g/mol. The molecule has 0 saturated heterocycles. The van der Waals surface area contributed by atoms with Crippen molar-refractivity contribution in [3.63, 3.8) is 0 Å². The second kappa shape index (κ2) is 4.80. The summed E-state index contributed by atoms with van der Waals surface area (Å²) in [5.74, 6) is -0.789. The Kier molecular flexibility index (Phi) is 2.94. The van der Waals surface area contributed by atoms with Gasteiger partial charge in [-0.15, -0.1) is 0 Å². The second-order valence-electron chi connectivity index (χ2n) is 6.45. The van der Waals surface area contributed by atoms with Crippen LogP contribution in [0.1, 0.15) is 18.4 Å². The summed E-state index contributed by atoms with van der Waals surface area (Å²) < 4.78 is 3.22. The fourth-order valence-electron chi connectivity index (χ4n) is 3.30. The molecule has 24 heavy (non-hydrogen) atoms. The quantitative estimate of drug-likeness (QED) is 0.800. The van der Waals surface area contributed by atoms with Crippen molar-refractivity contribution in [1.29, 1.82) is 0 Å². The molecule has 1 N–H and O–H groups in total. The lowest BCUT2D eigenvalue weighted by molar-refractivity contribution is -0.140. The third-order valence-corrected chi connectivity index (χ3v) is 5.06. The van der Waals surface area contributed by atoms with Gasteiger partial charge in [0.2, 0.25) is 0 Å². The lowest BCUT2D eigenvalue weighted by Gasteiger charge is -2.11. The molecule has 6 heteroatoms. The van der Waals surface area contributed by atoms with Crippen LogP contribution in [0.2, 0.25) is 0 Å². The second-order valence-corrected chi connectivity index (χ2v) is 6.45. The van der Waals surface area contributed by atoms with Gasteiger partial charge in [0.05, 0.1) is 16.4 Å². The van der Waals surface area contributed by atoms with Gasteiger partial charge in [-0.2, -0.15) is 0 Å². The smallest absolute Gasteiger partial charge is 0.328 e. The molecule has 0 radical (unpaired) electrons. The zero-order valence-electron chi connectivity index (χ0n) is 13.5. The minimum absolute atomic E-state index is 0.0724. The number of hydrogen-bond donors (Lipinski definition) is 1. The van der Waals surface area contributed by atoms with E-state index in [0.717, 1.165) is 27.7 Å². The van der Waals surface area contributed by atoms with Gasteiger partial charge in [0, 0.05) is 32.1 Å². The highest BCUT2D eigenvalue weighted by atomic mass is 16.4. The van der Waals surface area contributed by atoms with E-state index in [2.05, 4.69) is 4.98 Å². The van der Waals surface area contributed by atoms with E-state index in [-0.39, 0.29) is 5.69 Å². The van der Waals surface area contributed by atoms with Crippen molar-refractivity contribution in [2.45, 2.75) is 18.3 Å². The predicted octanol–water partition coefficient (Wildman–Crippen LogP) is 2.06. The summed E-state index contributed by atoms with van der Waals surface area (Å²) in [5, 5.41) is 9.46. The number of hydrogen-bond acceptors (Lipinski definition) is 3. The number of nitrogens with zero attached hydrogens (tertiary/aromatic N) is 3. The van der Waals surface area contributed by atoms with E-state index in [1.54, 1.807) is 35.6 Å². The summed E-state index contributed by atoms with van der Waals surface area (Å²) in [6, 6.07) is 7.68. The van der Waals surface area contributed by atoms with Crippen LogP contribution in [0, 0.1) is 0 Å². The average Bonchev–Trinajstić information content (AvgIpc) is 3.38. The topological polar surface area (TPSA) is 77.1 Å². The van der Waals surface area contributed by atoms with Crippen molar-refractivity contribution in [1.82, 2.24) is 14.1 Å². The Morgan fingerprint density at radius 2 is 1.79 bits per heavy atom. The summed E-state index contributed by atoms with van der Waals surface area (Å²) >= 11 is 0. The average molecular weight is 323 g/mol. The van der Waals surface area contributed by atoms with Gasteiger partial charge < -0.3 is 5.11 Å². The number of carboxylic acids is 1. The maximum absolute atomic E-state index is 12.1. The minimum atomic E-state index is -0.789. The fourth-order valence-corrected chi connectivity index (χ4v) is 3.30. The molecule has 122 valence electrons. The third kappa shape index (κ3) is 1.92. The third-order valence-electron chi connectivity index (χ3n) is 5.06. The normalized spacial score (nSPS) is 15.6. The molecule has 1 saturated carbocycles. The molecule has 1 aliphatic rings. The number of carboxylic acid groups (broad SMARTS) is 1. The maximum Gasteiger partial charge on any atom is 0.328 e. The molecule has 0 spiro atoms. The van der Waals surface area contributed by atoms with Crippen molar-refractivity contribution >= 4 is 17.0 Å². The number of carbonyl (C=O) groups is 1. The van der Waals surface area contributed by atoms with E-state index in [1.807, 2.05) is 24.3 Å². The zero-order chi connectivity index (χ0) is 17.1. The first kappa shape index (κ1) is 14.7. The Bertz CT molecular complexity index is 1040. The van der Waals surface area contributed by atoms with Crippen LogP contribution in [0.3, 0.4) is 0 Å². The molecule has 0 amide bonds. The van der Waals surface area contributed by atoms with Crippen LogP contribution in [0.25, 0.3) is 22.2 Å². The van der Waals surface area contributed by atoms with Gasteiger partial charge in [0.15, 0.2) is 0 Å². The molecule has 1 fully saturated rings. The molecule has 0 unspecified atom stereocenters. The predicted molar refractivity (Wildman–Crippen MR) is 89.9 cm³/mol. The van der Waals surface area contributed by atoms with Crippen LogP contribution < -0.4 is 5.69 Å². The van der Waals surface area contributed by atoms with E-state index in [0.29, 0.717) is 12.8 Å². The van der Waals surface area contributed by atoms with Gasteiger partial charge in [-0.3, -0.25) is 18.9 Å². The van der Waals surface area contributed by atoms with Crippen LogP contribution >= 0.6 is 0 Å². The van der Waals surface area contributed by atoms with Gasteiger partial charge in [-0.1, -0.05) is 6.07 Å². The van der Waals surface area contributed by atoms with Crippen molar-refractivity contribution in [3.8, 4) is 11.1 Å². The Balaban J connectivity index is 1.85. The van der Waals surface area contributed by atoms with Crippen molar-refractivity contribution < 1.29 is 9.90 Å². The molecule has 3 aromatic rings. The lowest BCUT2D eigenvalue weighted by Crippen LogP contribution is -2.19. The Morgan fingerprint density at radius 1 is 1.08 bits per heavy atom. The summed E-state index contributed by atoms with van der Waals surface area (Å²) in [6.07, 6.45) is 4.67. The van der Waals surface area contributed by atoms with E-state index >= 15 is 0 Å². The van der Waals surface area contributed by atoms with Gasteiger partial charge in [0.1, 0.15) is 0 Å². The lowest BCUT2D eigenvalue weighted by atomic mass is 9.95. The Hall–Kier alpha value is -2.89. The van der Waals surface area contributed by atoms with E-state index < -0.39 is 11.4 Å². The SMILES string of the molecule is Cn1c(=O)n(C)c2cc(-c3cncc(C4(C(=O)O)CC4)c3)ccc21. The first-order chi connectivity index (χ1) is 11.4. The van der Waals surface area contributed by atoms with Crippen molar-refractivity contribution in [3.05, 3.63) is 52.7 Å². The molecule has 0 atom stereocenters. The summed E-state index contributed by atoms with van der Waals surface area (Å²) in [6.45, 7) is 0. The highest BCUT2D eigenvalue weighted by Gasteiger charge is 2.52. The number of fused-ring (bicyclic) bond motifs is 1. The minimum Gasteiger partial charge on any atom is -0.481 e. The van der Waals surface area contributed by atoms with E-state index in [1.165, 1.54) is 0 Å². The Morgan fingerprint density at radius 3 is 2.46 bits per heavy atom. The molecule has 1 aromatic carbocycles. The van der Waals surface area contributed by atoms with Crippen molar-refractivity contribution in [2.24, 2.45) is 14.1 Å². The molecule has 2 aromatic heterocycles. The number of imidazole rings is 1. The number of rotatable bonds is 3. The number of aryl methyl sites for hydroxylation is 2. The first-order valence-corrected chi connectivity index (χ1v) is 7.79. The van der Waals surface area contributed by atoms with Gasteiger partial charge in [0.25, 0.3) is 0 Å². The van der Waals surface area contributed by atoms with Crippen LogP contribution in [-0.2, 0) is 24.3 Å². The molecule has 1 aliphatic carbocycles. The van der Waals surface area contributed by atoms with Gasteiger partial charge in [-0.25, -0.2) is 4.79 Å². The molecular weight excluding hydrogens is 306 g/mol. The van der Waals surface area contributed by atoms with Crippen molar-refractivity contribution in [2.75, 3.05) is 0 Å². The fraction of sp³-hybridized carbons (Fsp3) is 0.278. The largest absolute Gasteiger partial charge is 0.481 e. The van der Waals surface area contributed by atoms with Crippen LogP contribution in [-0.4, -0.2) is 25.2 Å². The molecular formula is C18H17N3O3. The maximum atomic E-state index is 12.1. The highest BCUT2D eigenvalue weighted by Crippen LogP contribution is 2.48. The van der Waals surface area contributed by atoms with E-state index in [4.69, 9.17) is 0 Å². The number of pyridine rings is 1. The molecule has 2 heterocycles. The summed E-state index contributed by atoms with van der Waals surface area (Å²) in [4.78, 5) is 27.8. The zero-order valence-corrected chi connectivity index (χ0v) is 13.5. The first-order valence-electron chi connectivity index (χ1n) is 7.79. The van der Waals surface area contributed by atoms with Gasteiger partial charge >= 0.3 is 11.7 Å². The number of aliphatic carboxylic acids is 1. The van der Waals surface area contributed by atoms with E-state index in [9.17, 15) is 14.7 Å². The standard InChI is InChI=1S/C18H17N3O3/c1-20-14-4-3-11(8-15(14)21(2)17(20)24)12-7-13(10-19-9-12)18(5-6-18)16(22)23/h3-4,7-10H,5-6H2,1-2H3,(H,22,23). The summed E-state index contributed by atoms with van der Waals surface area (Å²) in [5.41, 5.74) is 3.38. The molecule has 4 rings (SSSR count). The van der Waals surface area contributed by atoms with Crippen LogP contribution in [0.5, 0.6) is 0 Å². The number of benzene rings is 1. The Labute approximate surface area is 138 Å².